The third-order valence-electron chi connectivity index (χ3n) is 4.93. The lowest BCUT2D eigenvalue weighted by molar-refractivity contribution is -0.144. The number of imidazole rings is 1. The molecule has 0 spiro atoms. The zero-order chi connectivity index (χ0) is 21.9. The molecule has 2 aromatic heterocycles. The number of carbonyl (C=O) groups is 1. The molecule has 2 heterocycles. The van der Waals surface area contributed by atoms with Crippen LogP contribution in [-0.4, -0.2) is 49.8 Å². The highest BCUT2D eigenvalue weighted by Gasteiger charge is 2.35. The van der Waals surface area contributed by atoms with E-state index < -0.39 is 24.3 Å². The highest BCUT2D eigenvalue weighted by molar-refractivity contribution is 5.91. The maximum absolute atomic E-state index is 13.2. The minimum atomic E-state index is -4.58. The minimum absolute atomic E-state index is 0.196. The average Bonchev–Trinajstić information content (AvgIpc) is 3.22. The second kappa shape index (κ2) is 8.86. The standard InChI is InChI=1S/C20H25F3N6O/c1-4-27(5-2)10-11-28-16-9-7-6-8-15(16)24-19(28)25-18(30)13-29-17(20(21,22)23)12-14(3)26-29/h6-9,12H,4-5,10-11,13H2,1-3H3,(H,24,25,30). The van der Waals surface area contributed by atoms with Gasteiger partial charge in [0, 0.05) is 13.1 Å². The highest BCUT2D eigenvalue weighted by atomic mass is 19.4. The smallest absolute Gasteiger partial charge is 0.309 e. The molecule has 162 valence electrons. The number of anilines is 1. The molecule has 0 saturated heterocycles. The summed E-state index contributed by atoms with van der Waals surface area (Å²) in [6.07, 6.45) is -4.58. The predicted octanol–water partition coefficient (Wildman–Crippen LogP) is 3.54. The van der Waals surface area contributed by atoms with E-state index in [1.807, 2.05) is 28.8 Å². The summed E-state index contributed by atoms with van der Waals surface area (Å²) in [5.74, 6) is -0.311. The molecule has 30 heavy (non-hydrogen) atoms. The van der Waals surface area contributed by atoms with Crippen LogP contribution >= 0.6 is 0 Å². The molecular weight excluding hydrogens is 397 g/mol. The topological polar surface area (TPSA) is 68.0 Å². The van der Waals surface area contributed by atoms with Crippen LogP contribution in [0.3, 0.4) is 0 Å². The van der Waals surface area contributed by atoms with Crippen molar-refractivity contribution in [2.24, 2.45) is 0 Å². The summed E-state index contributed by atoms with van der Waals surface area (Å²) in [5, 5.41) is 6.47. The summed E-state index contributed by atoms with van der Waals surface area (Å²) in [4.78, 5) is 19.2. The Morgan fingerprint density at radius 3 is 2.57 bits per heavy atom. The Labute approximate surface area is 172 Å². The fraction of sp³-hybridized carbons (Fsp3) is 0.450. The van der Waals surface area contributed by atoms with Gasteiger partial charge in [0.1, 0.15) is 12.2 Å². The van der Waals surface area contributed by atoms with E-state index in [1.54, 1.807) is 0 Å². The summed E-state index contributed by atoms with van der Waals surface area (Å²) in [5.41, 5.74) is 0.802. The third kappa shape index (κ3) is 4.81. The van der Waals surface area contributed by atoms with Gasteiger partial charge in [-0.3, -0.25) is 14.8 Å². The largest absolute Gasteiger partial charge is 0.433 e. The van der Waals surface area contributed by atoms with Crippen LogP contribution in [0.5, 0.6) is 0 Å². The quantitative estimate of drug-likeness (QED) is 0.603. The molecular formula is C20H25F3N6O. The second-order valence-corrected chi connectivity index (χ2v) is 6.98. The van der Waals surface area contributed by atoms with Crippen molar-refractivity contribution in [2.75, 3.05) is 25.0 Å². The Hall–Kier alpha value is -2.88. The van der Waals surface area contributed by atoms with Crippen molar-refractivity contribution in [2.45, 2.75) is 40.0 Å². The summed E-state index contributed by atoms with van der Waals surface area (Å²) in [7, 11) is 0. The van der Waals surface area contributed by atoms with E-state index in [1.165, 1.54) is 6.92 Å². The molecule has 7 nitrogen and oxygen atoms in total. The Bertz CT molecular complexity index is 1020. The van der Waals surface area contributed by atoms with Gasteiger partial charge in [0.15, 0.2) is 0 Å². The fourth-order valence-electron chi connectivity index (χ4n) is 3.37. The van der Waals surface area contributed by atoms with E-state index in [4.69, 9.17) is 0 Å². The number of aryl methyl sites for hydroxylation is 1. The molecule has 0 aliphatic heterocycles. The summed E-state index contributed by atoms with van der Waals surface area (Å²) >= 11 is 0. The van der Waals surface area contributed by atoms with Crippen LogP contribution in [0.2, 0.25) is 0 Å². The minimum Gasteiger partial charge on any atom is -0.309 e. The lowest BCUT2D eigenvalue weighted by Gasteiger charge is -2.19. The van der Waals surface area contributed by atoms with E-state index in [0.29, 0.717) is 22.7 Å². The Balaban J connectivity index is 1.83. The molecule has 3 aromatic rings. The first-order valence-electron chi connectivity index (χ1n) is 9.82. The maximum Gasteiger partial charge on any atom is 0.433 e. The predicted molar refractivity (Wildman–Crippen MR) is 108 cm³/mol. The number of rotatable bonds is 8. The van der Waals surface area contributed by atoms with Gasteiger partial charge >= 0.3 is 6.18 Å². The number of aromatic nitrogens is 4. The van der Waals surface area contributed by atoms with Gasteiger partial charge in [-0.1, -0.05) is 26.0 Å². The average molecular weight is 422 g/mol. The zero-order valence-corrected chi connectivity index (χ0v) is 17.2. The molecule has 1 amide bonds. The van der Waals surface area contributed by atoms with Crippen LogP contribution in [0.25, 0.3) is 11.0 Å². The second-order valence-electron chi connectivity index (χ2n) is 6.98. The number of para-hydroxylation sites is 2. The van der Waals surface area contributed by atoms with E-state index in [2.05, 4.69) is 34.1 Å². The molecule has 10 heteroatoms. The number of hydrogen-bond donors (Lipinski definition) is 1. The lowest BCUT2D eigenvalue weighted by Crippen LogP contribution is -2.28. The molecule has 1 N–H and O–H groups in total. The number of amides is 1. The van der Waals surface area contributed by atoms with Crippen molar-refractivity contribution >= 4 is 22.9 Å². The van der Waals surface area contributed by atoms with Crippen molar-refractivity contribution < 1.29 is 18.0 Å². The third-order valence-corrected chi connectivity index (χ3v) is 4.93. The van der Waals surface area contributed by atoms with Crippen molar-refractivity contribution in [3.63, 3.8) is 0 Å². The van der Waals surface area contributed by atoms with Crippen LogP contribution < -0.4 is 5.32 Å². The van der Waals surface area contributed by atoms with Crippen molar-refractivity contribution in [3.05, 3.63) is 41.7 Å². The number of nitrogens with zero attached hydrogens (tertiary/aromatic N) is 5. The van der Waals surface area contributed by atoms with E-state index in [9.17, 15) is 18.0 Å². The molecule has 3 rings (SSSR count). The van der Waals surface area contributed by atoms with Gasteiger partial charge in [0.05, 0.1) is 16.7 Å². The lowest BCUT2D eigenvalue weighted by atomic mass is 10.3. The Morgan fingerprint density at radius 1 is 1.20 bits per heavy atom. The summed E-state index contributed by atoms with van der Waals surface area (Å²) < 4.78 is 42.1. The molecule has 0 atom stereocenters. The zero-order valence-electron chi connectivity index (χ0n) is 17.2. The van der Waals surface area contributed by atoms with Gasteiger partial charge in [-0.05, 0) is 38.2 Å². The number of halogens is 3. The molecule has 0 saturated carbocycles. The summed E-state index contributed by atoms with van der Waals surface area (Å²) in [6, 6.07) is 8.38. The Kier molecular flexibility index (Phi) is 6.45. The van der Waals surface area contributed by atoms with Crippen LogP contribution in [0, 0.1) is 6.92 Å². The van der Waals surface area contributed by atoms with Crippen molar-refractivity contribution in [3.8, 4) is 0 Å². The van der Waals surface area contributed by atoms with Crippen LogP contribution in [-0.2, 0) is 24.1 Å². The van der Waals surface area contributed by atoms with Gasteiger partial charge < -0.3 is 9.47 Å². The highest BCUT2D eigenvalue weighted by Crippen LogP contribution is 2.29. The molecule has 0 aliphatic carbocycles. The van der Waals surface area contributed by atoms with Gasteiger partial charge in [-0.25, -0.2) is 4.98 Å². The molecule has 0 bridgehead atoms. The first kappa shape index (κ1) is 21.8. The van der Waals surface area contributed by atoms with Crippen molar-refractivity contribution in [1.29, 1.82) is 0 Å². The first-order chi connectivity index (χ1) is 14.2. The van der Waals surface area contributed by atoms with Crippen LogP contribution in [0.1, 0.15) is 25.2 Å². The van der Waals surface area contributed by atoms with Gasteiger partial charge in [-0.15, -0.1) is 0 Å². The van der Waals surface area contributed by atoms with E-state index >= 15 is 0 Å². The van der Waals surface area contributed by atoms with Crippen LogP contribution in [0.4, 0.5) is 19.1 Å². The number of benzene rings is 1. The molecule has 0 aliphatic rings. The number of nitrogens with one attached hydrogen (secondary N) is 1. The number of alkyl halides is 3. The molecule has 0 fully saturated rings. The number of carbonyl (C=O) groups excluding carboxylic acids is 1. The molecule has 0 unspecified atom stereocenters. The van der Waals surface area contributed by atoms with E-state index in [-0.39, 0.29) is 5.69 Å². The number of hydrogen-bond acceptors (Lipinski definition) is 4. The molecule has 0 radical (unpaired) electrons. The van der Waals surface area contributed by atoms with E-state index in [0.717, 1.165) is 31.2 Å². The van der Waals surface area contributed by atoms with Crippen LogP contribution in [0.15, 0.2) is 30.3 Å². The monoisotopic (exact) mass is 422 g/mol. The fourth-order valence-corrected chi connectivity index (χ4v) is 3.37. The normalized spacial score (nSPS) is 12.1. The Morgan fingerprint density at radius 2 is 1.90 bits per heavy atom. The summed E-state index contributed by atoms with van der Waals surface area (Å²) in [6.45, 7) is 8.18. The number of likely N-dealkylation sites (N-methyl/N-ethyl adjacent to an activating group) is 1. The van der Waals surface area contributed by atoms with Gasteiger partial charge in [-0.2, -0.15) is 18.3 Å². The SMILES string of the molecule is CCN(CC)CCn1c(NC(=O)Cn2nc(C)cc2C(F)(F)F)nc2ccccc21. The molecule has 1 aromatic carbocycles. The van der Waals surface area contributed by atoms with Crippen molar-refractivity contribution in [1.82, 2.24) is 24.2 Å². The first-order valence-corrected chi connectivity index (χ1v) is 9.82. The van der Waals surface area contributed by atoms with Gasteiger partial charge in [0.2, 0.25) is 11.9 Å². The number of fused-ring (bicyclic) bond motifs is 1. The maximum atomic E-state index is 13.2. The van der Waals surface area contributed by atoms with Gasteiger partial charge in [0.25, 0.3) is 0 Å².